The van der Waals surface area contributed by atoms with Crippen molar-refractivity contribution in [2.24, 2.45) is 5.41 Å². The summed E-state index contributed by atoms with van der Waals surface area (Å²) < 4.78 is 10.2. The molecule has 110 valence electrons. The number of esters is 2. The summed E-state index contributed by atoms with van der Waals surface area (Å²) in [5, 5.41) is 2.68. The smallest absolute Gasteiger partial charge is 0.336 e. The van der Waals surface area contributed by atoms with Gasteiger partial charge in [-0.1, -0.05) is 30.3 Å². The highest BCUT2D eigenvalue weighted by Crippen LogP contribution is 2.43. The van der Waals surface area contributed by atoms with Crippen molar-refractivity contribution >= 4 is 17.8 Å². The molecule has 2 saturated heterocycles. The predicted octanol–water partition coefficient (Wildman–Crippen LogP) is 1.07. The number of carbonyl (C=O) groups is 3. The van der Waals surface area contributed by atoms with Crippen molar-refractivity contribution in [2.75, 3.05) is 0 Å². The summed E-state index contributed by atoms with van der Waals surface area (Å²) in [5.41, 5.74) is -1.07. The van der Waals surface area contributed by atoms with Crippen LogP contribution in [0.4, 0.5) is 0 Å². The number of rotatable bonds is 1. The van der Waals surface area contributed by atoms with Crippen LogP contribution in [0, 0.1) is 5.41 Å². The highest BCUT2D eigenvalue weighted by atomic mass is 16.7. The zero-order valence-electron chi connectivity index (χ0n) is 11.7. The number of amides is 1. The Morgan fingerprint density at radius 2 is 1.62 bits per heavy atom. The summed E-state index contributed by atoms with van der Waals surface area (Å²) >= 11 is 0. The molecular weight excluding hydrogens is 274 g/mol. The van der Waals surface area contributed by atoms with Crippen molar-refractivity contribution in [3.05, 3.63) is 35.9 Å². The van der Waals surface area contributed by atoms with Crippen LogP contribution in [-0.4, -0.2) is 23.6 Å². The summed E-state index contributed by atoms with van der Waals surface area (Å²) in [7, 11) is 0. The van der Waals surface area contributed by atoms with Gasteiger partial charge in [0.1, 0.15) is 0 Å². The molecule has 0 aliphatic carbocycles. The van der Waals surface area contributed by atoms with Crippen LogP contribution in [0.15, 0.2) is 30.3 Å². The summed E-state index contributed by atoms with van der Waals surface area (Å²) in [6.45, 7) is 2.91. The fourth-order valence-corrected chi connectivity index (χ4v) is 2.69. The van der Waals surface area contributed by atoms with Crippen molar-refractivity contribution in [3.8, 4) is 0 Å². The average Bonchev–Trinajstić information content (AvgIpc) is 2.76. The third-order valence-electron chi connectivity index (χ3n) is 3.78. The second-order valence-corrected chi connectivity index (χ2v) is 5.73. The standard InChI is InChI=1S/C15H15NO5/c1-14(2)20-12(18)15(13(19)21-14)8-10(16-11(15)17)9-6-4-3-5-7-9/h3-7,10H,8H2,1-2H3,(H,16,17). The van der Waals surface area contributed by atoms with Gasteiger partial charge in [-0.2, -0.15) is 0 Å². The monoisotopic (exact) mass is 289 g/mol. The van der Waals surface area contributed by atoms with Gasteiger partial charge in [0.2, 0.25) is 11.3 Å². The van der Waals surface area contributed by atoms with Gasteiger partial charge >= 0.3 is 11.9 Å². The molecule has 1 unspecified atom stereocenters. The van der Waals surface area contributed by atoms with E-state index in [-0.39, 0.29) is 6.42 Å². The molecule has 2 heterocycles. The minimum absolute atomic E-state index is 0.00356. The van der Waals surface area contributed by atoms with E-state index < -0.39 is 35.1 Å². The number of ether oxygens (including phenoxy) is 2. The summed E-state index contributed by atoms with van der Waals surface area (Å²) in [5.74, 6) is -3.70. The first-order valence-electron chi connectivity index (χ1n) is 6.68. The summed E-state index contributed by atoms with van der Waals surface area (Å²) in [4.78, 5) is 36.7. The largest absolute Gasteiger partial charge is 0.422 e. The normalized spacial score (nSPS) is 26.2. The van der Waals surface area contributed by atoms with Gasteiger partial charge in [0.05, 0.1) is 6.04 Å². The Morgan fingerprint density at radius 1 is 1.05 bits per heavy atom. The maximum atomic E-state index is 12.3. The van der Waals surface area contributed by atoms with E-state index in [1.165, 1.54) is 13.8 Å². The van der Waals surface area contributed by atoms with Crippen molar-refractivity contribution in [3.63, 3.8) is 0 Å². The molecule has 0 bridgehead atoms. The first-order valence-corrected chi connectivity index (χ1v) is 6.68. The lowest BCUT2D eigenvalue weighted by Crippen LogP contribution is -2.56. The Hall–Kier alpha value is -2.37. The van der Waals surface area contributed by atoms with Gasteiger partial charge in [0.15, 0.2) is 0 Å². The van der Waals surface area contributed by atoms with Crippen LogP contribution in [0.3, 0.4) is 0 Å². The van der Waals surface area contributed by atoms with Gasteiger partial charge in [-0.05, 0) is 5.56 Å². The number of hydrogen-bond acceptors (Lipinski definition) is 5. The molecule has 1 aromatic carbocycles. The zero-order valence-corrected chi connectivity index (χ0v) is 11.7. The van der Waals surface area contributed by atoms with E-state index in [2.05, 4.69) is 5.32 Å². The third-order valence-corrected chi connectivity index (χ3v) is 3.78. The molecule has 2 aliphatic heterocycles. The molecule has 1 aromatic rings. The van der Waals surface area contributed by atoms with Crippen LogP contribution in [0.25, 0.3) is 0 Å². The van der Waals surface area contributed by atoms with Crippen LogP contribution in [0.2, 0.25) is 0 Å². The van der Waals surface area contributed by atoms with Crippen LogP contribution in [0.5, 0.6) is 0 Å². The highest BCUT2D eigenvalue weighted by Gasteiger charge is 2.65. The topological polar surface area (TPSA) is 81.7 Å². The number of carbonyl (C=O) groups excluding carboxylic acids is 3. The number of hydrogen-bond donors (Lipinski definition) is 1. The molecule has 0 aromatic heterocycles. The van der Waals surface area contributed by atoms with Gasteiger partial charge in [-0.3, -0.25) is 14.4 Å². The van der Waals surface area contributed by atoms with Crippen LogP contribution < -0.4 is 5.32 Å². The second-order valence-electron chi connectivity index (χ2n) is 5.73. The summed E-state index contributed by atoms with van der Waals surface area (Å²) in [6.07, 6.45) is 0.00356. The van der Waals surface area contributed by atoms with Gasteiger partial charge in [-0.25, -0.2) is 0 Å². The minimum atomic E-state index is -1.89. The molecule has 2 aliphatic rings. The van der Waals surface area contributed by atoms with E-state index in [0.29, 0.717) is 0 Å². The van der Waals surface area contributed by atoms with Crippen LogP contribution >= 0.6 is 0 Å². The van der Waals surface area contributed by atoms with Crippen molar-refractivity contribution in [1.82, 2.24) is 5.32 Å². The third kappa shape index (κ3) is 1.98. The van der Waals surface area contributed by atoms with Crippen molar-refractivity contribution in [1.29, 1.82) is 0 Å². The molecule has 0 radical (unpaired) electrons. The molecule has 0 saturated carbocycles. The molecule has 1 atom stereocenters. The SMILES string of the molecule is CC1(C)OC(=O)C2(CC(c3ccccc3)NC2=O)C(=O)O1. The number of benzene rings is 1. The molecule has 1 N–H and O–H groups in total. The minimum Gasteiger partial charge on any atom is -0.422 e. The Balaban J connectivity index is 1.94. The maximum Gasteiger partial charge on any atom is 0.336 e. The van der Waals surface area contributed by atoms with Gasteiger partial charge < -0.3 is 14.8 Å². The Bertz CT molecular complexity index is 602. The van der Waals surface area contributed by atoms with Crippen molar-refractivity contribution < 1.29 is 23.9 Å². The van der Waals surface area contributed by atoms with E-state index >= 15 is 0 Å². The lowest BCUT2D eigenvalue weighted by atomic mass is 9.82. The Labute approximate surface area is 121 Å². The first-order chi connectivity index (χ1) is 9.85. The second kappa shape index (κ2) is 4.31. The van der Waals surface area contributed by atoms with Crippen LogP contribution in [-0.2, 0) is 23.9 Å². The molecule has 1 amide bonds. The lowest BCUT2D eigenvalue weighted by Gasteiger charge is -2.36. The lowest BCUT2D eigenvalue weighted by molar-refractivity contribution is -0.248. The number of cyclic esters (lactones) is 2. The van der Waals surface area contributed by atoms with Gasteiger partial charge in [-0.15, -0.1) is 0 Å². The molecule has 3 rings (SSSR count). The summed E-state index contributed by atoms with van der Waals surface area (Å²) in [6, 6.07) is 8.74. The molecule has 6 heteroatoms. The van der Waals surface area contributed by atoms with E-state index in [0.717, 1.165) is 5.56 Å². The molecule has 2 fully saturated rings. The van der Waals surface area contributed by atoms with E-state index in [1.54, 1.807) is 0 Å². The Kier molecular flexibility index (Phi) is 2.79. The maximum absolute atomic E-state index is 12.3. The molecule has 1 spiro atoms. The first kappa shape index (κ1) is 13.6. The van der Waals surface area contributed by atoms with Crippen molar-refractivity contribution in [2.45, 2.75) is 32.1 Å². The highest BCUT2D eigenvalue weighted by molar-refractivity contribution is 6.21. The molecular formula is C15H15NO5. The molecule has 21 heavy (non-hydrogen) atoms. The predicted molar refractivity (Wildman–Crippen MR) is 70.6 cm³/mol. The quantitative estimate of drug-likeness (QED) is 0.618. The average molecular weight is 289 g/mol. The van der Waals surface area contributed by atoms with E-state index in [9.17, 15) is 14.4 Å². The van der Waals surface area contributed by atoms with E-state index in [4.69, 9.17) is 9.47 Å². The molecule has 6 nitrogen and oxygen atoms in total. The van der Waals surface area contributed by atoms with Crippen LogP contribution in [0.1, 0.15) is 31.9 Å². The zero-order chi connectivity index (χ0) is 15.3. The number of nitrogens with one attached hydrogen (secondary N) is 1. The van der Waals surface area contributed by atoms with Gasteiger partial charge in [0.25, 0.3) is 5.79 Å². The fraction of sp³-hybridized carbons (Fsp3) is 0.400. The Morgan fingerprint density at radius 3 is 2.19 bits per heavy atom. The van der Waals surface area contributed by atoms with E-state index in [1.807, 2.05) is 30.3 Å². The van der Waals surface area contributed by atoms with Gasteiger partial charge in [0, 0.05) is 20.3 Å². The fourth-order valence-electron chi connectivity index (χ4n) is 2.69.